The zero-order valence-electron chi connectivity index (χ0n) is 18.9. The molecule has 0 aliphatic heterocycles. The van der Waals surface area contributed by atoms with Gasteiger partial charge in [-0.25, -0.2) is 4.98 Å². The Morgan fingerprint density at radius 2 is 1.39 bits per heavy atom. The summed E-state index contributed by atoms with van der Waals surface area (Å²) in [6, 6.07) is 16.2. The Balaban J connectivity index is 0.00000122. The van der Waals surface area contributed by atoms with Crippen LogP contribution in [-0.4, -0.2) is 21.3 Å². The third-order valence-corrected chi connectivity index (χ3v) is 4.76. The van der Waals surface area contributed by atoms with Crippen molar-refractivity contribution in [2.45, 2.75) is 34.6 Å². The molecule has 1 aromatic heterocycles. The van der Waals surface area contributed by atoms with Crippen molar-refractivity contribution in [1.29, 1.82) is 0 Å². The van der Waals surface area contributed by atoms with Crippen LogP contribution in [0.15, 0.2) is 64.6 Å². The number of halogens is 2. The first-order valence-corrected chi connectivity index (χ1v) is 13.0. The number of hydrogen-bond acceptors (Lipinski definition) is 5. The number of nitro groups is 1. The van der Waals surface area contributed by atoms with E-state index in [1.807, 2.05) is 32.0 Å². The summed E-state index contributed by atoms with van der Waals surface area (Å²) in [5.74, 6) is 0. The van der Waals surface area contributed by atoms with E-state index in [1.54, 1.807) is 12.1 Å². The van der Waals surface area contributed by atoms with Gasteiger partial charge in [0.2, 0.25) is 0 Å². The summed E-state index contributed by atoms with van der Waals surface area (Å²) in [6.45, 7) is 10.0. The molecule has 174 valence electrons. The molecule has 0 spiro atoms. The van der Waals surface area contributed by atoms with Crippen molar-refractivity contribution in [2.24, 2.45) is 9.98 Å². The van der Waals surface area contributed by atoms with E-state index in [-0.39, 0.29) is 18.8 Å². The fraction of sp³-hybridized carbons (Fsp3) is 0.208. The van der Waals surface area contributed by atoms with Crippen LogP contribution < -0.4 is 0 Å². The van der Waals surface area contributed by atoms with Gasteiger partial charge < -0.3 is 0 Å². The van der Waals surface area contributed by atoms with Crippen molar-refractivity contribution in [3.63, 3.8) is 0 Å². The molecule has 2 aromatic carbocycles. The van der Waals surface area contributed by atoms with Crippen molar-refractivity contribution in [1.82, 2.24) is 4.98 Å². The predicted molar refractivity (Wildman–Crippen MR) is 133 cm³/mol. The summed E-state index contributed by atoms with van der Waals surface area (Å²) in [4.78, 5) is 24.5. The number of pyridine rings is 1. The van der Waals surface area contributed by atoms with Crippen LogP contribution in [-0.2, 0) is 13.1 Å². The second kappa shape index (κ2) is 12.6. The quantitative estimate of drug-likeness (QED) is 0.149. The van der Waals surface area contributed by atoms with Gasteiger partial charge in [-0.1, -0.05) is 23.8 Å². The van der Waals surface area contributed by atoms with Gasteiger partial charge >= 0.3 is 33.3 Å². The van der Waals surface area contributed by atoms with Crippen LogP contribution in [0.5, 0.6) is 0 Å². The zero-order valence-corrected chi connectivity index (χ0v) is 21.5. The van der Waals surface area contributed by atoms with Gasteiger partial charge in [0.25, 0.3) is 5.69 Å². The molecule has 0 unspecified atom stereocenters. The van der Waals surface area contributed by atoms with Crippen molar-refractivity contribution < 1.29 is 18.1 Å². The fourth-order valence-corrected chi connectivity index (χ4v) is 3.31. The van der Waals surface area contributed by atoms with Crippen molar-refractivity contribution in [3.05, 3.63) is 92.8 Å². The number of rotatable bonds is 5. The Morgan fingerprint density at radius 3 is 1.88 bits per heavy atom. The van der Waals surface area contributed by atoms with Crippen LogP contribution in [0, 0.1) is 30.9 Å². The van der Waals surface area contributed by atoms with Gasteiger partial charge in [-0.15, -0.1) is 0 Å². The molecule has 0 bridgehead atoms. The van der Waals surface area contributed by atoms with E-state index in [0.29, 0.717) is 5.69 Å². The first kappa shape index (κ1) is 26.7. The van der Waals surface area contributed by atoms with E-state index in [0.717, 1.165) is 39.6 Å². The van der Waals surface area contributed by atoms with Crippen LogP contribution in [0.1, 0.15) is 41.9 Å². The van der Waals surface area contributed by atoms with Gasteiger partial charge in [-0.05, 0) is 70.0 Å². The van der Waals surface area contributed by atoms with E-state index in [9.17, 15) is 10.1 Å². The average Bonchev–Trinajstić information content (AvgIpc) is 2.77. The van der Waals surface area contributed by atoms with Crippen molar-refractivity contribution in [3.8, 4) is 0 Å². The Hall–Kier alpha value is -2.57. The number of non-ortho nitro benzene ring substituents is 1. The van der Waals surface area contributed by atoms with Gasteiger partial charge in [-0.3, -0.25) is 20.1 Å². The molecule has 0 aliphatic carbocycles. The number of aromatic nitrogens is 1. The maximum absolute atomic E-state index is 10.8. The Morgan fingerprint density at radius 1 is 0.909 bits per heavy atom. The molecule has 33 heavy (non-hydrogen) atoms. The molecular formula is C24H24Cl2FeN4O2. The Bertz CT molecular complexity index is 1170. The Kier molecular flexibility index (Phi) is 10.2. The maximum atomic E-state index is 10.8. The molecule has 3 aromatic rings. The topological polar surface area (TPSA) is 80.8 Å². The van der Waals surface area contributed by atoms with E-state index in [1.165, 1.54) is 17.7 Å². The SMILES string of the molecule is CC(=Nc1ccc([N+](=O)[O-])cc1)c1cccc(C(C)=Nc2c(C)cc(C)cc2C)n1.[Cl][Fe][Cl]. The normalized spacial score (nSPS) is 11.7. The van der Waals surface area contributed by atoms with Crippen molar-refractivity contribution in [2.75, 3.05) is 0 Å². The molecule has 0 radical (unpaired) electrons. The monoisotopic (exact) mass is 526 g/mol. The third-order valence-electron chi connectivity index (χ3n) is 4.76. The summed E-state index contributed by atoms with van der Waals surface area (Å²) < 4.78 is 0. The molecule has 0 aliphatic rings. The summed E-state index contributed by atoms with van der Waals surface area (Å²) in [5, 5.41) is 10.8. The van der Waals surface area contributed by atoms with Gasteiger partial charge in [0.1, 0.15) is 0 Å². The minimum atomic E-state index is -0.426. The first-order chi connectivity index (χ1) is 15.7. The van der Waals surface area contributed by atoms with Gasteiger partial charge in [0.15, 0.2) is 0 Å². The fourth-order valence-electron chi connectivity index (χ4n) is 3.31. The zero-order chi connectivity index (χ0) is 24.5. The summed E-state index contributed by atoms with van der Waals surface area (Å²) in [7, 11) is 9.53. The Labute approximate surface area is 208 Å². The molecular weight excluding hydrogens is 503 g/mol. The molecule has 9 heteroatoms. The van der Waals surface area contributed by atoms with Crippen LogP contribution >= 0.6 is 20.2 Å². The minimum absolute atomic E-state index is 0.0419. The molecule has 0 saturated carbocycles. The third kappa shape index (κ3) is 7.76. The second-order valence-electron chi connectivity index (χ2n) is 7.37. The molecule has 6 nitrogen and oxygen atoms in total. The number of nitro benzene ring substituents is 1. The van der Waals surface area contributed by atoms with E-state index < -0.39 is 4.92 Å². The van der Waals surface area contributed by atoms with Crippen LogP contribution in [0.3, 0.4) is 0 Å². The number of nitrogens with zero attached hydrogens (tertiary/aromatic N) is 4. The van der Waals surface area contributed by atoms with E-state index in [2.05, 4.69) is 37.9 Å². The molecule has 0 atom stereocenters. The van der Waals surface area contributed by atoms with Crippen LogP contribution in [0.2, 0.25) is 0 Å². The number of aryl methyl sites for hydroxylation is 3. The number of benzene rings is 2. The summed E-state index contributed by atoms with van der Waals surface area (Å²) in [6.07, 6.45) is 0. The molecule has 1 heterocycles. The van der Waals surface area contributed by atoms with Gasteiger partial charge in [0, 0.05) is 12.1 Å². The van der Waals surface area contributed by atoms with Crippen LogP contribution in [0.25, 0.3) is 0 Å². The van der Waals surface area contributed by atoms with Gasteiger partial charge in [0.05, 0.1) is 39.1 Å². The average molecular weight is 527 g/mol. The van der Waals surface area contributed by atoms with Crippen molar-refractivity contribution >= 4 is 48.7 Å². The standard InChI is InChI=1S/C24H24N4O2.2ClH.Fe/c1-15-13-16(2)24(17(3)14-15)26-19(5)23-8-6-7-22(27-23)18(4)25-20-9-11-21(12-10-20)28(29)30;;;/h6-14H,1-5H3;2*1H;/q;;;+2/p-2. The second-order valence-corrected chi connectivity index (χ2v) is 9.20. The van der Waals surface area contributed by atoms with Gasteiger partial charge in [-0.2, -0.15) is 0 Å². The predicted octanol–water partition coefficient (Wildman–Crippen LogP) is 7.57. The number of hydrogen-bond donors (Lipinski definition) is 0. The summed E-state index contributed by atoms with van der Waals surface area (Å²) >= 11 is 0.194. The van der Waals surface area contributed by atoms with E-state index in [4.69, 9.17) is 30.2 Å². The molecule has 0 saturated heterocycles. The molecule has 3 rings (SSSR count). The molecule has 0 amide bonds. The van der Waals surface area contributed by atoms with Crippen LogP contribution in [0.4, 0.5) is 17.1 Å². The molecule has 0 N–H and O–H groups in total. The first-order valence-electron chi connectivity index (χ1n) is 9.92. The summed E-state index contributed by atoms with van der Waals surface area (Å²) in [5.41, 5.74) is 8.22. The number of aliphatic imine (C=N–C) groups is 2. The van der Waals surface area contributed by atoms with E-state index >= 15 is 0 Å². The molecule has 0 fully saturated rings.